The Morgan fingerprint density at radius 2 is 1.86 bits per heavy atom. The summed E-state index contributed by atoms with van der Waals surface area (Å²) in [5, 5.41) is 0. The zero-order valence-electron chi connectivity index (χ0n) is 12.3. The van der Waals surface area contributed by atoms with Gasteiger partial charge in [0.2, 0.25) is 0 Å². The molecule has 3 heteroatoms. The molecule has 1 aliphatic rings. The largest absolute Gasteiger partial charge is 0.305 e. The number of nitrogens with zero attached hydrogens (tertiary/aromatic N) is 1. The van der Waals surface area contributed by atoms with Gasteiger partial charge in [-0.25, -0.2) is 4.39 Å². The number of anilines is 1. The standard InChI is InChI=1S/C18H18FNO/c1-12-9-13(2)11-15(10-12)18(21)20-8-4-6-14-5-3-7-16(19)17(14)20/h3,5,7,9-11H,4,6,8H2,1-2H3. The highest BCUT2D eigenvalue weighted by Crippen LogP contribution is 2.31. The molecule has 3 rings (SSSR count). The van der Waals surface area contributed by atoms with Gasteiger partial charge in [0.25, 0.3) is 5.91 Å². The SMILES string of the molecule is Cc1cc(C)cc(C(=O)N2CCCc3cccc(F)c32)c1. The van der Waals surface area contributed by atoms with Gasteiger partial charge in [-0.1, -0.05) is 29.3 Å². The van der Waals surface area contributed by atoms with Crippen molar-refractivity contribution in [3.63, 3.8) is 0 Å². The first kappa shape index (κ1) is 13.8. The van der Waals surface area contributed by atoms with E-state index in [1.165, 1.54) is 6.07 Å². The lowest BCUT2D eigenvalue weighted by Crippen LogP contribution is -2.36. The van der Waals surface area contributed by atoms with E-state index in [0.717, 1.165) is 29.5 Å². The van der Waals surface area contributed by atoms with Crippen molar-refractivity contribution >= 4 is 11.6 Å². The maximum absolute atomic E-state index is 14.2. The van der Waals surface area contributed by atoms with Crippen LogP contribution in [0.2, 0.25) is 0 Å². The molecule has 2 aromatic rings. The molecular weight excluding hydrogens is 265 g/mol. The van der Waals surface area contributed by atoms with Crippen molar-refractivity contribution in [1.82, 2.24) is 0 Å². The van der Waals surface area contributed by atoms with Crippen molar-refractivity contribution in [2.75, 3.05) is 11.4 Å². The third-order valence-electron chi connectivity index (χ3n) is 3.88. The van der Waals surface area contributed by atoms with Gasteiger partial charge in [-0.2, -0.15) is 0 Å². The molecule has 0 bridgehead atoms. The van der Waals surface area contributed by atoms with Gasteiger partial charge in [0, 0.05) is 12.1 Å². The van der Waals surface area contributed by atoms with E-state index in [1.807, 2.05) is 38.1 Å². The molecule has 0 aromatic heterocycles. The van der Waals surface area contributed by atoms with Gasteiger partial charge in [0.15, 0.2) is 0 Å². The summed E-state index contributed by atoms with van der Waals surface area (Å²) in [6, 6.07) is 10.8. The smallest absolute Gasteiger partial charge is 0.258 e. The monoisotopic (exact) mass is 283 g/mol. The second kappa shape index (κ2) is 5.32. The van der Waals surface area contributed by atoms with Crippen molar-refractivity contribution in [2.45, 2.75) is 26.7 Å². The first-order chi connectivity index (χ1) is 10.1. The summed E-state index contributed by atoms with van der Waals surface area (Å²) < 4.78 is 14.2. The van der Waals surface area contributed by atoms with Gasteiger partial charge in [-0.15, -0.1) is 0 Å². The summed E-state index contributed by atoms with van der Waals surface area (Å²) >= 11 is 0. The summed E-state index contributed by atoms with van der Waals surface area (Å²) in [5.41, 5.74) is 4.09. The van der Waals surface area contributed by atoms with Gasteiger partial charge < -0.3 is 4.90 Å². The van der Waals surface area contributed by atoms with Crippen molar-refractivity contribution in [2.24, 2.45) is 0 Å². The third kappa shape index (κ3) is 2.56. The summed E-state index contributed by atoms with van der Waals surface area (Å²) in [4.78, 5) is 14.4. The van der Waals surface area contributed by atoms with Crippen LogP contribution in [0.15, 0.2) is 36.4 Å². The molecule has 0 radical (unpaired) electrons. The molecular formula is C18H18FNO. The van der Waals surface area contributed by atoms with E-state index in [-0.39, 0.29) is 11.7 Å². The summed E-state index contributed by atoms with van der Waals surface area (Å²) in [7, 11) is 0. The van der Waals surface area contributed by atoms with Crippen molar-refractivity contribution in [3.05, 3.63) is 64.5 Å². The molecule has 0 atom stereocenters. The average molecular weight is 283 g/mol. The third-order valence-corrected chi connectivity index (χ3v) is 3.88. The van der Waals surface area contributed by atoms with E-state index in [4.69, 9.17) is 0 Å². The minimum Gasteiger partial charge on any atom is -0.305 e. The van der Waals surface area contributed by atoms with E-state index in [2.05, 4.69) is 0 Å². The molecule has 21 heavy (non-hydrogen) atoms. The van der Waals surface area contributed by atoms with Crippen LogP contribution in [-0.2, 0) is 6.42 Å². The molecule has 0 fully saturated rings. The van der Waals surface area contributed by atoms with Crippen LogP contribution in [0.1, 0.15) is 33.5 Å². The number of carbonyl (C=O) groups excluding carboxylic acids is 1. The predicted octanol–water partition coefficient (Wildman–Crippen LogP) is 4.04. The minimum atomic E-state index is -0.315. The molecule has 0 saturated heterocycles. The van der Waals surface area contributed by atoms with E-state index in [9.17, 15) is 9.18 Å². The van der Waals surface area contributed by atoms with Crippen molar-refractivity contribution in [1.29, 1.82) is 0 Å². The average Bonchev–Trinajstić information content (AvgIpc) is 2.45. The van der Waals surface area contributed by atoms with Gasteiger partial charge in [-0.3, -0.25) is 4.79 Å². The lowest BCUT2D eigenvalue weighted by Gasteiger charge is -2.30. The number of benzene rings is 2. The van der Waals surface area contributed by atoms with E-state index < -0.39 is 0 Å². The van der Waals surface area contributed by atoms with Crippen LogP contribution in [0.4, 0.5) is 10.1 Å². The van der Waals surface area contributed by atoms with Gasteiger partial charge in [0.1, 0.15) is 5.82 Å². The Kier molecular flexibility index (Phi) is 3.50. The van der Waals surface area contributed by atoms with Crippen LogP contribution < -0.4 is 4.90 Å². The highest BCUT2D eigenvalue weighted by molar-refractivity contribution is 6.07. The number of para-hydroxylation sites is 1. The number of hydrogen-bond acceptors (Lipinski definition) is 1. The Labute approximate surface area is 124 Å². The normalized spacial score (nSPS) is 14.0. The Morgan fingerprint density at radius 1 is 1.14 bits per heavy atom. The van der Waals surface area contributed by atoms with E-state index in [0.29, 0.717) is 17.8 Å². The van der Waals surface area contributed by atoms with Crippen molar-refractivity contribution < 1.29 is 9.18 Å². The zero-order valence-corrected chi connectivity index (χ0v) is 12.3. The Bertz CT molecular complexity index is 688. The number of fused-ring (bicyclic) bond motifs is 1. The molecule has 108 valence electrons. The van der Waals surface area contributed by atoms with Crippen LogP contribution >= 0.6 is 0 Å². The van der Waals surface area contributed by atoms with Crippen LogP contribution in [0.3, 0.4) is 0 Å². The Hall–Kier alpha value is -2.16. The summed E-state index contributed by atoms with van der Waals surface area (Å²) in [5.74, 6) is -0.433. The molecule has 0 unspecified atom stereocenters. The molecule has 0 aliphatic carbocycles. The fourth-order valence-electron chi connectivity index (χ4n) is 3.06. The maximum atomic E-state index is 14.2. The molecule has 2 aromatic carbocycles. The summed E-state index contributed by atoms with van der Waals surface area (Å²) in [6.45, 7) is 4.50. The number of rotatable bonds is 1. The topological polar surface area (TPSA) is 20.3 Å². The Morgan fingerprint density at radius 3 is 2.57 bits per heavy atom. The lowest BCUT2D eigenvalue weighted by atomic mass is 9.99. The first-order valence-electron chi connectivity index (χ1n) is 7.24. The van der Waals surface area contributed by atoms with E-state index >= 15 is 0 Å². The van der Waals surface area contributed by atoms with Gasteiger partial charge in [-0.05, 0) is 50.5 Å². The van der Waals surface area contributed by atoms with Crippen molar-refractivity contribution in [3.8, 4) is 0 Å². The fraction of sp³-hybridized carbons (Fsp3) is 0.278. The Balaban J connectivity index is 2.04. The maximum Gasteiger partial charge on any atom is 0.258 e. The van der Waals surface area contributed by atoms with Crippen LogP contribution in [0.25, 0.3) is 0 Å². The van der Waals surface area contributed by atoms with Crippen LogP contribution in [0, 0.1) is 19.7 Å². The lowest BCUT2D eigenvalue weighted by molar-refractivity contribution is 0.0984. The molecule has 0 spiro atoms. The number of hydrogen-bond donors (Lipinski definition) is 0. The molecule has 0 N–H and O–H groups in total. The minimum absolute atomic E-state index is 0.118. The molecule has 1 heterocycles. The fourth-order valence-corrected chi connectivity index (χ4v) is 3.06. The first-order valence-corrected chi connectivity index (χ1v) is 7.24. The molecule has 2 nitrogen and oxygen atoms in total. The van der Waals surface area contributed by atoms with Gasteiger partial charge >= 0.3 is 0 Å². The number of halogens is 1. The second-order valence-electron chi connectivity index (χ2n) is 5.68. The van der Waals surface area contributed by atoms with E-state index in [1.54, 1.807) is 11.0 Å². The number of carbonyl (C=O) groups is 1. The quantitative estimate of drug-likeness (QED) is 0.773. The molecule has 0 saturated carbocycles. The molecule has 1 aliphatic heterocycles. The van der Waals surface area contributed by atoms with Crippen LogP contribution in [0.5, 0.6) is 0 Å². The number of aryl methyl sites for hydroxylation is 3. The predicted molar refractivity (Wildman–Crippen MR) is 82.3 cm³/mol. The number of amides is 1. The zero-order chi connectivity index (χ0) is 15.0. The highest BCUT2D eigenvalue weighted by Gasteiger charge is 2.26. The second-order valence-corrected chi connectivity index (χ2v) is 5.68. The van der Waals surface area contributed by atoms with Crippen LogP contribution in [-0.4, -0.2) is 12.5 Å². The van der Waals surface area contributed by atoms with Gasteiger partial charge in [0.05, 0.1) is 5.69 Å². The highest BCUT2D eigenvalue weighted by atomic mass is 19.1. The summed E-state index contributed by atoms with van der Waals surface area (Å²) in [6.07, 6.45) is 1.69. The molecule has 1 amide bonds.